The molecule has 3 amide bonds. The molecule has 1 saturated heterocycles. The van der Waals surface area contributed by atoms with Crippen LogP contribution in [0.4, 0.5) is 21.9 Å². The number of aromatic nitrogens is 3. The van der Waals surface area contributed by atoms with Gasteiger partial charge in [-0.1, -0.05) is 127 Å². The number of nitrogens with one attached hydrogen (secondary N) is 1. The molecule has 5 rings (SSSR count). The first-order chi connectivity index (χ1) is 37.7. The number of nitriles is 1. The number of hydrogen-bond acceptors (Lipinski definition) is 16. The average Bonchev–Trinajstić information content (AvgIpc) is 3.47. The number of amides is 3. The lowest BCUT2D eigenvalue weighted by Crippen LogP contribution is -2.55. The summed E-state index contributed by atoms with van der Waals surface area (Å²) in [6.07, 6.45) is 4.55. The second-order valence-electron chi connectivity index (χ2n) is 23.8. The topological polar surface area (TPSA) is 268 Å². The third kappa shape index (κ3) is 28.0. The van der Waals surface area contributed by atoms with Gasteiger partial charge in [-0.2, -0.15) is 14.0 Å². The normalized spacial score (nSPS) is 13.3. The molecule has 0 bridgehead atoms. The third-order valence-corrected chi connectivity index (χ3v) is 17.0. The van der Waals surface area contributed by atoms with Gasteiger partial charge in [0.1, 0.15) is 15.3 Å². The number of carbonyl (C=O) groups excluding carboxylic acids is 2. The number of thioether (sulfide) groups is 1. The third-order valence-electron chi connectivity index (χ3n) is 11.4. The number of carbonyl (C=O) groups is 2. The fraction of sp³-hybridized carbons (Fsp3) is 0.593. The molecule has 1 aromatic carbocycles. The summed E-state index contributed by atoms with van der Waals surface area (Å²) in [5.41, 5.74) is 20.8. The van der Waals surface area contributed by atoms with E-state index in [1.807, 2.05) is 87.6 Å². The zero-order valence-electron chi connectivity index (χ0n) is 53.6. The van der Waals surface area contributed by atoms with Crippen molar-refractivity contribution >= 4 is 94.1 Å². The fourth-order valence-electron chi connectivity index (χ4n) is 7.99. The summed E-state index contributed by atoms with van der Waals surface area (Å²) in [6.45, 7) is 48.7. The van der Waals surface area contributed by atoms with Gasteiger partial charge >= 0.3 is 6.03 Å². The van der Waals surface area contributed by atoms with Crippen LogP contribution >= 0.6 is 46.0 Å². The summed E-state index contributed by atoms with van der Waals surface area (Å²) in [7, 11) is -2.29. The molecule has 0 aliphatic carbocycles. The number of sulfonamides is 1. The first-order valence-electron chi connectivity index (χ1n) is 27.5. The minimum atomic E-state index is -3.74. The van der Waals surface area contributed by atoms with E-state index in [2.05, 4.69) is 119 Å². The molecule has 7 N–H and O–H groups in total. The molecule has 1 aliphatic rings. The molecular formula is C59H99Cl3N12O6S3. The molecule has 0 radical (unpaired) electrons. The van der Waals surface area contributed by atoms with Crippen LogP contribution in [0.15, 0.2) is 81.8 Å². The molecule has 0 unspecified atom stereocenters. The number of rotatable bonds is 13. The van der Waals surface area contributed by atoms with Crippen molar-refractivity contribution in [2.45, 2.75) is 226 Å². The van der Waals surface area contributed by atoms with Crippen molar-refractivity contribution in [1.29, 1.82) is 5.26 Å². The monoisotopic (exact) mass is 1270 g/mol. The van der Waals surface area contributed by atoms with Gasteiger partial charge in [0.05, 0.1) is 40.2 Å². The second-order valence-corrected chi connectivity index (χ2v) is 29.9. The zero-order valence-corrected chi connectivity index (χ0v) is 58.3. The van der Waals surface area contributed by atoms with Crippen LogP contribution in [0.5, 0.6) is 0 Å². The van der Waals surface area contributed by atoms with Crippen molar-refractivity contribution < 1.29 is 26.4 Å². The van der Waals surface area contributed by atoms with Gasteiger partial charge in [0.15, 0.2) is 0 Å². The maximum Gasteiger partial charge on any atom is 0.357 e. The molecule has 1 aliphatic heterocycles. The van der Waals surface area contributed by atoms with Gasteiger partial charge in [-0.15, -0.1) is 11.8 Å². The molecule has 18 nitrogen and oxygen atoms in total. The van der Waals surface area contributed by atoms with Crippen LogP contribution in [0.25, 0.3) is 0 Å². The highest BCUT2D eigenvalue weighted by molar-refractivity contribution is 8.13. The number of imide groups is 1. The highest BCUT2D eigenvalue weighted by Gasteiger charge is 2.51. The predicted molar refractivity (Wildman–Crippen MR) is 348 cm³/mol. The average molecular weight is 1280 g/mol. The molecule has 0 spiro atoms. The highest BCUT2D eigenvalue weighted by atomic mass is 35.7. The van der Waals surface area contributed by atoms with Crippen molar-refractivity contribution in [3.05, 3.63) is 89.8 Å². The Kier molecular flexibility index (Phi) is 34.8. The van der Waals surface area contributed by atoms with Crippen molar-refractivity contribution in [1.82, 2.24) is 38.3 Å². The number of halogens is 3. The van der Waals surface area contributed by atoms with Crippen LogP contribution in [0.3, 0.4) is 0 Å². The van der Waals surface area contributed by atoms with Gasteiger partial charge in [-0.3, -0.25) is 19.7 Å². The molecule has 83 heavy (non-hydrogen) atoms. The smallest absolute Gasteiger partial charge is 0.357 e. The van der Waals surface area contributed by atoms with Crippen molar-refractivity contribution in [2.75, 3.05) is 36.8 Å². The van der Waals surface area contributed by atoms with E-state index in [9.17, 15) is 26.4 Å². The molecular weight excluding hydrogens is 1180 g/mol. The summed E-state index contributed by atoms with van der Waals surface area (Å²) in [4.78, 5) is 38.3. The maximum atomic E-state index is 13.1. The lowest BCUT2D eigenvalue weighted by atomic mass is 9.90. The van der Waals surface area contributed by atoms with Crippen molar-refractivity contribution in [3.63, 3.8) is 0 Å². The van der Waals surface area contributed by atoms with Crippen LogP contribution < -0.4 is 22.5 Å². The van der Waals surface area contributed by atoms with E-state index in [1.54, 1.807) is 17.8 Å². The lowest BCUT2D eigenvalue weighted by molar-refractivity contribution is -0.127. The van der Waals surface area contributed by atoms with Crippen molar-refractivity contribution in [3.8, 4) is 6.07 Å². The van der Waals surface area contributed by atoms with Crippen molar-refractivity contribution in [2.24, 2.45) is 0 Å². The number of urea groups is 1. The zero-order chi connectivity index (χ0) is 65.4. The van der Waals surface area contributed by atoms with Crippen LogP contribution in [0.1, 0.15) is 194 Å². The number of nitrogens with zero attached hydrogens (tertiary/aromatic N) is 8. The summed E-state index contributed by atoms with van der Waals surface area (Å²) < 4.78 is 50.8. The number of nitrogens with two attached hydrogens (primary N) is 3. The summed E-state index contributed by atoms with van der Waals surface area (Å²) in [6, 6.07) is 17.6. The van der Waals surface area contributed by atoms with Crippen LogP contribution in [0, 0.1) is 11.3 Å². The minimum absolute atomic E-state index is 0.00723. The Balaban J connectivity index is 0. The molecule has 0 atom stereocenters. The largest absolute Gasteiger partial charge is 0.397 e. The molecule has 24 heteroatoms. The Hall–Kier alpha value is -4.50. The molecule has 0 saturated carbocycles. The van der Waals surface area contributed by atoms with E-state index in [1.165, 1.54) is 74.8 Å². The molecule has 470 valence electrons. The SMILES string of the molecule is CC#N.CC(C)(C)c1ncc(SCc2ccccc2)cc1N.CC(C)NC(C)C.CC(C)c1ncc(S(=O)(=O)Cl)cc1N.CC(C)c1ncc(S(=O)(=O)N(C(C)(C)C)C(C)(C)C)cc1N.CC1(C)C(=O)N(Cl)C(=O)N1Cl.CCN(CC)CC. The Morgan fingerprint density at radius 2 is 1.11 bits per heavy atom. The van der Waals surface area contributed by atoms with E-state index in [4.69, 9.17) is 56.7 Å². The van der Waals surface area contributed by atoms with E-state index >= 15 is 0 Å². The Bertz CT molecular complexity index is 2860. The lowest BCUT2D eigenvalue weighted by Gasteiger charge is -2.43. The van der Waals surface area contributed by atoms with Gasteiger partial charge in [0.25, 0.3) is 15.0 Å². The first-order valence-corrected chi connectivity index (χ1v) is 32.9. The van der Waals surface area contributed by atoms with Gasteiger partial charge in [0, 0.05) is 99.0 Å². The van der Waals surface area contributed by atoms with Gasteiger partial charge in [0.2, 0.25) is 10.0 Å². The van der Waals surface area contributed by atoms with Crippen LogP contribution in [-0.2, 0) is 35.0 Å². The van der Waals surface area contributed by atoms with Gasteiger partial charge < -0.3 is 27.4 Å². The summed E-state index contributed by atoms with van der Waals surface area (Å²) >= 11 is 12.5. The van der Waals surface area contributed by atoms with E-state index < -0.39 is 47.6 Å². The Morgan fingerprint density at radius 1 is 0.699 bits per heavy atom. The van der Waals surface area contributed by atoms with Crippen LogP contribution in [-0.4, -0.2) is 110 Å². The quantitative estimate of drug-likeness (QED) is 0.0419. The standard InChI is InChI=1S/C16H29N3O2S.C16H20N2S.C8H11ClN2O2S.2C6H15N.C5H6Cl2N2O2.C2H3N/c1-11(2)14-13(17)9-12(10-18-14)22(20,21)19(15(3,4)5)16(6,7)8;1-16(2,3)15-14(17)9-13(10-18-15)19-11-12-7-5-4-6-8-12;1-5(2)8-7(10)3-6(4-11-8)14(9,12)13;1-5(2)7-6(3)4;1-4-7(5-2)6-3;1-5(2)3(10)8(6)4(11)9(5)7;1-2-3/h9-11H,17H2,1-8H3;4-10H,11,17H2,1-3H3;3-5H,10H2,1-2H3;5-7H,1-4H3;4-6H2,1-3H3;1-2H3;1H3. The molecule has 4 aromatic rings. The number of nitrogen functional groups attached to an aromatic ring is 3. The predicted octanol–water partition coefficient (Wildman–Crippen LogP) is 14.0. The number of pyridine rings is 3. The molecule has 3 aromatic heterocycles. The number of hydrogen-bond donors (Lipinski definition) is 4. The van der Waals surface area contributed by atoms with Gasteiger partial charge in [-0.05, 0) is 111 Å². The summed E-state index contributed by atoms with van der Waals surface area (Å²) in [5, 5.41) is 10.6. The maximum absolute atomic E-state index is 13.1. The van der Waals surface area contributed by atoms with E-state index in [0.717, 1.165) is 32.1 Å². The second kappa shape index (κ2) is 35.8. The Morgan fingerprint density at radius 3 is 1.37 bits per heavy atom. The fourth-order valence-corrected chi connectivity index (χ4v) is 12.1. The molecule has 1 fully saturated rings. The highest BCUT2D eigenvalue weighted by Crippen LogP contribution is 2.35. The van der Waals surface area contributed by atoms with E-state index in [-0.39, 0.29) is 27.0 Å². The van der Waals surface area contributed by atoms with Crippen LogP contribution in [0.2, 0.25) is 0 Å². The minimum Gasteiger partial charge on any atom is -0.397 e. The number of anilines is 3. The summed E-state index contributed by atoms with van der Waals surface area (Å²) in [5.74, 6) is 0.732. The molecule has 4 heterocycles. The number of benzene rings is 1. The van der Waals surface area contributed by atoms with Gasteiger partial charge in [-0.25, -0.2) is 26.0 Å². The first kappa shape index (κ1) is 80.6. The Labute approximate surface area is 519 Å². The van der Waals surface area contributed by atoms with E-state index in [0.29, 0.717) is 33.6 Å².